The topological polar surface area (TPSA) is 66.9 Å². The summed E-state index contributed by atoms with van der Waals surface area (Å²) in [4.78, 5) is 21.9. The third-order valence-electron chi connectivity index (χ3n) is 7.76. The number of pyridine rings is 1. The molecule has 176 valence electrons. The molecule has 1 saturated carbocycles. The lowest BCUT2D eigenvalue weighted by Gasteiger charge is -2.37. The van der Waals surface area contributed by atoms with E-state index in [1.165, 1.54) is 31.4 Å². The summed E-state index contributed by atoms with van der Waals surface area (Å²) in [7, 11) is 0. The Bertz CT molecular complexity index is 766. The molecule has 0 aromatic carbocycles. The molecule has 2 saturated heterocycles. The monoisotopic (exact) mass is 442 g/mol. The molecule has 3 fully saturated rings. The largest absolute Gasteiger partial charge is 0.489 e. The number of fused-ring (bicyclic) bond motifs is 1. The van der Waals surface area contributed by atoms with Gasteiger partial charge in [0.15, 0.2) is 11.6 Å². The van der Waals surface area contributed by atoms with Crippen molar-refractivity contribution in [3.8, 4) is 5.75 Å². The highest BCUT2D eigenvalue weighted by atomic mass is 16.5. The third-order valence-corrected chi connectivity index (χ3v) is 7.76. The lowest BCUT2D eigenvalue weighted by Crippen LogP contribution is -2.47. The molecule has 1 atom stereocenters. The van der Waals surface area contributed by atoms with Gasteiger partial charge in [0.2, 0.25) is 5.91 Å². The normalized spacial score (nSPS) is 28.4. The van der Waals surface area contributed by atoms with Gasteiger partial charge in [-0.3, -0.25) is 9.69 Å². The summed E-state index contributed by atoms with van der Waals surface area (Å²) in [5.41, 5.74) is 1.30. The van der Waals surface area contributed by atoms with Gasteiger partial charge in [0.25, 0.3) is 0 Å². The van der Waals surface area contributed by atoms with Gasteiger partial charge in [0.05, 0.1) is 19.1 Å². The van der Waals surface area contributed by atoms with Gasteiger partial charge in [0.1, 0.15) is 0 Å². The van der Waals surface area contributed by atoms with Crippen molar-refractivity contribution in [2.45, 2.75) is 69.9 Å². The Morgan fingerprint density at radius 1 is 1.09 bits per heavy atom. The summed E-state index contributed by atoms with van der Waals surface area (Å²) in [6.07, 6.45) is 11.8. The minimum absolute atomic E-state index is 0.151. The van der Waals surface area contributed by atoms with Crippen LogP contribution >= 0.6 is 0 Å². The Balaban J connectivity index is 0.988. The van der Waals surface area contributed by atoms with Gasteiger partial charge in [-0.15, -0.1) is 0 Å². The second kappa shape index (κ2) is 10.4. The molecule has 0 radical (unpaired) electrons. The van der Waals surface area contributed by atoms with Crippen molar-refractivity contribution in [2.24, 2.45) is 5.92 Å². The van der Waals surface area contributed by atoms with Crippen LogP contribution in [0.1, 0.15) is 56.9 Å². The summed E-state index contributed by atoms with van der Waals surface area (Å²) in [5, 5.41) is 3.26. The maximum absolute atomic E-state index is 12.3. The van der Waals surface area contributed by atoms with E-state index in [-0.39, 0.29) is 12.0 Å². The van der Waals surface area contributed by atoms with Crippen LogP contribution in [0.2, 0.25) is 0 Å². The summed E-state index contributed by atoms with van der Waals surface area (Å²) < 4.78 is 11.4. The van der Waals surface area contributed by atoms with Crippen molar-refractivity contribution in [2.75, 3.05) is 50.8 Å². The number of hydrogen-bond acceptors (Lipinski definition) is 6. The van der Waals surface area contributed by atoms with Crippen LogP contribution in [0.3, 0.4) is 0 Å². The number of rotatable bonds is 7. The maximum Gasteiger partial charge on any atom is 0.222 e. The second-order valence-electron chi connectivity index (χ2n) is 9.96. The Kier molecular flexibility index (Phi) is 7.13. The van der Waals surface area contributed by atoms with E-state index in [4.69, 9.17) is 9.47 Å². The molecule has 32 heavy (non-hydrogen) atoms. The van der Waals surface area contributed by atoms with Crippen molar-refractivity contribution < 1.29 is 14.3 Å². The molecular formula is C25H38N4O3. The van der Waals surface area contributed by atoms with Crippen molar-refractivity contribution in [3.05, 3.63) is 17.8 Å². The van der Waals surface area contributed by atoms with Crippen molar-refractivity contribution >= 4 is 11.7 Å². The zero-order chi connectivity index (χ0) is 21.8. The molecule has 0 spiro atoms. The highest BCUT2D eigenvalue weighted by Gasteiger charge is 2.27. The van der Waals surface area contributed by atoms with Crippen LogP contribution in [0, 0.1) is 5.92 Å². The van der Waals surface area contributed by atoms with Crippen LogP contribution in [0.5, 0.6) is 5.75 Å². The van der Waals surface area contributed by atoms with Gasteiger partial charge < -0.3 is 19.7 Å². The van der Waals surface area contributed by atoms with Gasteiger partial charge in [-0.25, -0.2) is 4.98 Å². The number of anilines is 1. The summed E-state index contributed by atoms with van der Waals surface area (Å²) >= 11 is 0. The lowest BCUT2D eigenvalue weighted by molar-refractivity contribution is -0.124. The molecule has 7 nitrogen and oxygen atoms in total. The Hall–Kier alpha value is -1.86. The van der Waals surface area contributed by atoms with E-state index in [0.29, 0.717) is 12.5 Å². The zero-order valence-corrected chi connectivity index (χ0v) is 19.3. The van der Waals surface area contributed by atoms with Gasteiger partial charge in [-0.2, -0.15) is 0 Å². The third kappa shape index (κ3) is 5.37. The minimum Gasteiger partial charge on any atom is -0.489 e. The fourth-order valence-electron chi connectivity index (χ4n) is 5.76. The Morgan fingerprint density at radius 2 is 1.94 bits per heavy atom. The smallest absolute Gasteiger partial charge is 0.222 e. The molecule has 4 heterocycles. The number of nitrogens with one attached hydrogen (secondary N) is 1. The molecule has 0 bridgehead atoms. The van der Waals surface area contributed by atoms with E-state index < -0.39 is 0 Å². The first-order valence-corrected chi connectivity index (χ1v) is 12.7. The zero-order valence-electron chi connectivity index (χ0n) is 19.3. The number of carbonyl (C=O) groups is 1. The predicted molar refractivity (Wildman–Crippen MR) is 124 cm³/mol. The fourth-order valence-corrected chi connectivity index (χ4v) is 5.76. The number of hydrogen-bond donors (Lipinski definition) is 1. The number of aromatic nitrogens is 1. The lowest BCUT2D eigenvalue weighted by atomic mass is 9.84. The molecule has 7 heteroatoms. The quantitative estimate of drug-likeness (QED) is 0.701. The summed E-state index contributed by atoms with van der Waals surface area (Å²) in [6.45, 7) is 7.03. The molecular weight excluding hydrogens is 404 g/mol. The van der Waals surface area contributed by atoms with E-state index >= 15 is 0 Å². The van der Waals surface area contributed by atoms with Crippen LogP contribution in [0.15, 0.2) is 12.3 Å². The van der Waals surface area contributed by atoms with E-state index in [1.54, 1.807) is 0 Å². The SMILES string of the molecule is O=C(CC1CCCO1)NC1CCC(CCN2CCN(c3nccc4c3OCC4)CC2)CC1. The first-order valence-electron chi connectivity index (χ1n) is 12.7. The standard InChI is InChI=1S/C25H38N4O3/c30-23(18-22-2-1-16-31-22)27-21-5-3-19(4-6-21)8-11-28-12-14-29(15-13-28)25-24-20(7-10-26-25)9-17-32-24/h7,10,19,21-22H,1-6,8-9,11-18H2,(H,27,30). The number of ether oxygens (including phenoxy) is 2. The summed E-state index contributed by atoms with van der Waals surface area (Å²) in [6, 6.07) is 2.46. The second-order valence-corrected chi connectivity index (χ2v) is 9.96. The molecule has 3 aliphatic heterocycles. The molecule has 5 rings (SSSR count). The van der Waals surface area contributed by atoms with Crippen molar-refractivity contribution in [3.63, 3.8) is 0 Å². The van der Waals surface area contributed by atoms with E-state index in [1.807, 2.05) is 6.20 Å². The summed E-state index contributed by atoms with van der Waals surface area (Å²) in [5.74, 6) is 3.04. The molecule has 4 aliphatic rings. The van der Waals surface area contributed by atoms with Crippen LogP contribution in [-0.2, 0) is 16.0 Å². The van der Waals surface area contributed by atoms with Crippen LogP contribution in [0.4, 0.5) is 5.82 Å². The van der Waals surface area contributed by atoms with Crippen molar-refractivity contribution in [1.82, 2.24) is 15.2 Å². The van der Waals surface area contributed by atoms with Gasteiger partial charge in [0, 0.05) is 57.0 Å². The number of carbonyl (C=O) groups excluding carboxylic acids is 1. The van der Waals surface area contributed by atoms with Gasteiger partial charge in [-0.1, -0.05) is 0 Å². The molecule has 1 aromatic heterocycles. The van der Waals surface area contributed by atoms with Gasteiger partial charge >= 0.3 is 0 Å². The average Bonchev–Trinajstić information content (AvgIpc) is 3.51. The van der Waals surface area contributed by atoms with E-state index in [2.05, 4.69) is 26.2 Å². The number of nitrogens with zero attached hydrogens (tertiary/aromatic N) is 3. The highest BCUT2D eigenvalue weighted by molar-refractivity contribution is 5.76. The van der Waals surface area contributed by atoms with Crippen LogP contribution < -0.4 is 15.0 Å². The van der Waals surface area contributed by atoms with Gasteiger partial charge in [-0.05, 0) is 63.5 Å². The Morgan fingerprint density at radius 3 is 2.72 bits per heavy atom. The molecule has 1 unspecified atom stereocenters. The Labute approximate surface area is 191 Å². The first kappa shape index (κ1) is 22.0. The van der Waals surface area contributed by atoms with E-state index in [9.17, 15) is 4.79 Å². The average molecular weight is 443 g/mol. The number of piperazine rings is 1. The van der Waals surface area contributed by atoms with Crippen LogP contribution in [0.25, 0.3) is 0 Å². The molecule has 1 aliphatic carbocycles. The van der Waals surface area contributed by atoms with Crippen molar-refractivity contribution in [1.29, 1.82) is 0 Å². The minimum atomic E-state index is 0.151. The molecule has 1 N–H and O–H groups in total. The maximum atomic E-state index is 12.3. The predicted octanol–water partition coefficient (Wildman–Crippen LogP) is 2.77. The fraction of sp³-hybridized carbons (Fsp3) is 0.760. The number of amides is 1. The molecule has 1 amide bonds. The first-order chi connectivity index (χ1) is 15.7. The van der Waals surface area contributed by atoms with Crippen LogP contribution in [-0.4, -0.2) is 73.9 Å². The van der Waals surface area contributed by atoms with E-state index in [0.717, 1.165) is 89.0 Å². The highest BCUT2D eigenvalue weighted by Crippen LogP contribution is 2.34. The molecule has 1 aromatic rings.